The molecule has 0 bridgehead atoms. The molecule has 0 saturated heterocycles. The minimum absolute atomic E-state index is 0.138. The lowest BCUT2D eigenvalue weighted by Gasteiger charge is -2.13. The zero-order valence-electron chi connectivity index (χ0n) is 15.7. The number of nitrogens with zero attached hydrogens (tertiary/aromatic N) is 1. The average molecular weight is 426 g/mol. The highest BCUT2D eigenvalue weighted by molar-refractivity contribution is 6.34. The van der Waals surface area contributed by atoms with Crippen molar-refractivity contribution in [3.8, 4) is 5.75 Å². The third kappa shape index (κ3) is 4.73. The van der Waals surface area contributed by atoms with E-state index in [0.717, 1.165) is 0 Å². The third-order valence-electron chi connectivity index (χ3n) is 4.15. The largest absolute Gasteiger partial charge is 0.494 e. The topological polar surface area (TPSA) is 111 Å². The monoisotopic (exact) mass is 425 g/mol. The van der Waals surface area contributed by atoms with Crippen LogP contribution in [0.4, 0.5) is 17.1 Å². The van der Waals surface area contributed by atoms with E-state index in [-0.39, 0.29) is 11.3 Å². The van der Waals surface area contributed by atoms with Crippen molar-refractivity contribution in [2.75, 3.05) is 17.7 Å². The summed E-state index contributed by atoms with van der Waals surface area (Å²) < 4.78 is 5.30. The van der Waals surface area contributed by atoms with Crippen molar-refractivity contribution in [2.24, 2.45) is 0 Å². The smallest absolute Gasteiger partial charge is 0.270 e. The molecule has 0 radical (unpaired) electrons. The highest BCUT2D eigenvalue weighted by Gasteiger charge is 2.15. The lowest BCUT2D eigenvalue weighted by Crippen LogP contribution is -2.14. The molecule has 2 N–H and O–H groups in total. The van der Waals surface area contributed by atoms with E-state index >= 15 is 0 Å². The molecule has 152 valence electrons. The number of nitro groups is 1. The number of carbonyl (C=O) groups is 2. The summed E-state index contributed by atoms with van der Waals surface area (Å²) >= 11 is 6.05. The predicted octanol–water partition coefficient (Wildman–Crippen LogP) is 4.76. The number of hydrogen-bond acceptors (Lipinski definition) is 5. The van der Waals surface area contributed by atoms with Crippen LogP contribution in [0.1, 0.15) is 20.7 Å². The van der Waals surface area contributed by atoms with Gasteiger partial charge in [-0.1, -0.05) is 29.8 Å². The predicted molar refractivity (Wildman–Crippen MR) is 113 cm³/mol. The van der Waals surface area contributed by atoms with E-state index in [2.05, 4.69) is 10.6 Å². The van der Waals surface area contributed by atoms with Crippen LogP contribution in [0.15, 0.2) is 66.7 Å². The molecule has 30 heavy (non-hydrogen) atoms. The number of methoxy groups -OCH3 is 1. The number of nitrogens with one attached hydrogen (secondary N) is 2. The fraction of sp³-hybridized carbons (Fsp3) is 0.0476. The lowest BCUT2D eigenvalue weighted by molar-refractivity contribution is -0.384. The lowest BCUT2D eigenvalue weighted by atomic mass is 10.1. The summed E-state index contributed by atoms with van der Waals surface area (Å²) in [7, 11) is 1.42. The fourth-order valence-corrected chi connectivity index (χ4v) is 2.89. The molecule has 0 spiro atoms. The third-order valence-corrected chi connectivity index (χ3v) is 4.47. The van der Waals surface area contributed by atoms with Gasteiger partial charge in [-0.3, -0.25) is 19.7 Å². The Labute approximate surface area is 176 Å². The normalized spacial score (nSPS) is 10.2. The molecule has 0 aromatic heterocycles. The number of benzene rings is 3. The summed E-state index contributed by atoms with van der Waals surface area (Å²) in [5.74, 6) is -0.617. The molecule has 9 heteroatoms. The molecule has 0 heterocycles. The molecule has 0 saturated carbocycles. The highest BCUT2D eigenvalue weighted by Crippen LogP contribution is 2.29. The maximum absolute atomic E-state index is 12.5. The van der Waals surface area contributed by atoms with Crippen molar-refractivity contribution in [1.29, 1.82) is 0 Å². The summed E-state index contributed by atoms with van der Waals surface area (Å²) in [6, 6.07) is 16.7. The minimum atomic E-state index is -0.573. The molecule has 3 rings (SSSR count). The van der Waals surface area contributed by atoms with Gasteiger partial charge in [-0.25, -0.2) is 0 Å². The summed E-state index contributed by atoms with van der Waals surface area (Å²) in [6.07, 6.45) is 0. The number of ether oxygens (including phenoxy) is 1. The standard InChI is InChI=1S/C21H16ClN3O5/c1-30-19-12-14(23-20(26)13-5-4-6-15(11-13)25(28)29)9-10-18(19)24-21(27)16-7-2-3-8-17(16)22/h2-12H,1H3,(H,23,26)(H,24,27). The molecule has 8 nitrogen and oxygen atoms in total. The Kier molecular flexibility index (Phi) is 6.29. The number of halogens is 1. The first-order valence-electron chi connectivity index (χ1n) is 8.69. The number of amides is 2. The van der Waals surface area contributed by atoms with Crippen LogP contribution in [0.5, 0.6) is 5.75 Å². The van der Waals surface area contributed by atoms with Crippen LogP contribution in [-0.2, 0) is 0 Å². The number of anilines is 2. The molecule has 0 aliphatic rings. The Morgan fingerprint density at radius 3 is 2.43 bits per heavy atom. The van der Waals surface area contributed by atoms with Gasteiger partial charge in [0.2, 0.25) is 0 Å². The number of hydrogen-bond donors (Lipinski definition) is 2. The molecule has 0 fully saturated rings. The van der Waals surface area contributed by atoms with Gasteiger partial charge in [-0.05, 0) is 30.3 Å². The van der Waals surface area contributed by atoms with E-state index in [9.17, 15) is 19.7 Å². The quantitative estimate of drug-likeness (QED) is 0.437. The Morgan fingerprint density at radius 2 is 1.73 bits per heavy atom. The second-order valence-electron chi connectivity index (χ2n) is 6.11. The first-order valence-corrected chi connectivity index (χ1v) is 9.06. The van der Waals surface area contributed by atoms with Gasteiger partial charge in [0.15, 0.2) is 0 Å². The van der Waals surface area contributed by atoms with Crippen LogP contribution < -0.4 is 15.4 Å². The van der Waals surface area contributed by atoms with E-state index < -0.39 is 16.7 Å². The van der Waals surface area contributed by atoms with Gasteiger partial charge in [-0.2, -0.15) is 0 Å². The number of non-ortho nitro benzene ring substituents is 1. The molecule has 0 atom stereocenters. The molecule has 2 amide bonds. The summed E-state index contributed by atoms with van der Waals surface area (Å²) in [4.78, 5) is 35.2. The minimum Gasteiger partial charge on any atom is -0.494 e. The van der Waals surface area contributed by atoms with Crippen molar-refractivity contribution >= 4 is 40.5 Å². The van der Waals surface area contributed by atoms with E-state index in [4.69, 9.17) is 16.3 Å². The SMILES string of the molecule is COc1cc(NC(=O)c2cccc([N+](=O)[O-])c2)ccc1NC(=O)c1ccccc1Cl. The van der Waals surface area contributed by atoms with Crippen LogP contribution in [0.3, 0.4) is 0 Å². The van der Waals surface area contributed by atoms with E-state index in [0.29, 0.717) is 27.7 Å². The molecular weight excluding hydrogens is 410 g/mol. The van der Waals surface area contributed by atoms with Crippen LogP contribution in [0, 0.1) is 10.1 Å². The fourth-order valence-electron chi connectivity index (χ4n) is 2.67. The van der Waals surface area contributed by atoms with Gasteiger partial charge >= 0.3 is 0 Å². The van der Waals surface area contributed by atoms with Gasteiger partial charge in [0.25, 0.3) is 17.5 Å². The number of carbonyl (C=O) groups excluding carboxylic acids is 2. The van der Waals surface area contributed by atoms with Crippen LogP contribution >= 0.6 is 11.6 Å². The molecule has 3 aromatic rings. The van der Waals surface area contributed by atoms with E-state index in [1.807, 2.05) is 0 Å². The van der Waals surface area contributed by atoms with Gasteiger partial charge < -0.3 is 15.4 Å². The van der Waals surface area contributed by atoms with Crippen molar-refractivity contribution in [1.82, 2.24) is 0 Å². The maximum Gasteiger partial charge on any atom is 0.270 e. The van der Waals surface area contributed by atoms with Gasteiger partial charge in [0, 0.05) is 29.4 Å². The number of rotatable bonds is 6. The van der Waals surface area contributed by atoms with Gasteiger partial charge in [-0.15, -0.1) is 0 Å². The molecular formula is C21H16ClN3O5. The van der Waals surface area contributed by atoms with Crippen molar-refractivity contribution in [3.05, 3.63) is 93.0 Å². The first kappa shape index (κ1) is 20.8. The molecule has 0 unspecified atom stereocenters. The first-order chi connectivity index (χ1) is 14.4. The molecule has 3 aromatic carbocycles. The zero-order chi connectivity index (χ0) is 21.7. The molecule has 0 aliphatic heterocycles. The summed E-state index contributed by atoms with van der Waals surface area (Å²) in [5.41, 5.74) is 1.04. The number of nitro benzene ring substituents is 1. The van der Waals surface area contributed by atoms with Crippen molar-refractivity contribution in [3.63, 3.8) is 0 Å². The Morgan fingerprint density at radius 1 is 0.967 bits per heavy atom. The maximum atomic E-state index is 12.5. The Hall–Kier alpha value is -3.91. The van der Waals surface area contributed by atoms with Gasteiger partial charge in [0.05, 0.1) is 28.3 Å². The molecule has 0 aliphatic carbocycles. The van der Waals surface area contributed by atoms with Crippen LogP contribution in [0.2, 0.25) is 5.02 Å². The Balaban J connectivity index is 1.78. The highest BCUT2D eigenvalue weighted by atomic mass is 35.5. The van der Waals surface area contributed by atoms with Crippen LogP contribution in [0.25, 0.3) is 0 Å². The second kappa shape index (κ2) is 9.06. The van der Waals surface area contributed by atoms with Crippen molar-refractivity contribution < 1.29 is 19.2 Å². The Bertz CT molecular complexity index is 1130. The average Bonchev–Trinajstić information content (AvgIpc) is 2.75. The zero-order valence-corrected chi connectivity index (χ0v) is 16.5. The summed E-state index contributed by atoms with van der Waals surface area (Å²) in [6.45, 7) is 0. The summed E-state index contributed by atoms with van der Waals surface area (Å²) in [5, 5.41) is 16.6. The van der Waals surface area contributed by atoms with E-state index in [1.54, 1.807) is 36.4 Å². The van der Waals surface area contributed by atoms with Gasteiger partial charge in [0.1, 0.15) is 5.75 Å². The van der Waals surface area contributed by atoms with Crippen LogP contribution in [-0.4, -0.2) is 23.8 Å². The van der Waals surface area contributed by atoms with E-state index in [1.165, 1.54) is 37.4 Å². The second-order valence-corrected chi connectivity index (χ2v) is 6.52. The van der Waals surface area contributed by atoms with Crippen molar-refractivity contribution in [2.45, 2.75) is 0 Å².